The van der Waals surface area contributed by atoms with Gasteiger partial charge >= 0.3 is 0 Å². The van der Waals surface area contributed by atoms with Gasteiger partial charge in [-0.15, -0.1) is 0 Å². The molecule has 2 fully saturated rings. The van der Waals surface area contributed by atoms with Gasteiger partial charge in [0.25, 0.3) is 0 Å². The molecule has 0 aromatic heterocycles. The van der Waals surface area contributed by atoms with Crippen molar-refractivity contribution in [3.8, 4) is 17.2 Å². The topological polar surface area (TPSA) is 78.4 Å². The maximum atomic E-state index is 10.0. The Labute approximate surface area is 161 Å². The van der Waals surface area contributed by atoms with E-state index in [4.69, 9.17) is 14.5 Å². The third kappa shape index (κ3) is 5.19. The van der Waals surface area contributed by atoms with Crippen molar-refractivity contribution in [2.75, 3.05) is 33.9 Å². The second-order valence-electron chi connectivity index (χ2n) is 7.23. The lowest BCUT2D eigenvalue weighted by Gasteiger charge is -2.33. The highest BCUT2D eigenvalue weighted by atomic mass is 16.5. The van der Waals surface area contributed by atoms with Crippen molar-refractivity contribution in [1.29, 1.82) is 0 Å². The fourth-order valence-electron chi connectivity index (χ4n) is 3.57. The van der Waals surface area contributed by atoms with Crippen molar-refractivity contribution < 1.29 is 14.6 Å². The smallest absolute Gasteiger partial charge is 0.200 e. The van der Waals surface area contributed by atoms with E-state index in [-0.39, 0.29) is 5.75 Å². The molecule has 0 amide bonds. The van der Waals surface area contributed by atoms with Crippen molar-refractivity contribution >= 4 is 5.96 Å². The van der Waals surface area contributed by atoms with Crippen LogP contribution in [0.1, 0.15) is 38.2 Å². The molecule has 150 valence electrons. The normalized spacial score (nSPS) is 19.0. The molecular weight excluding hydrogens is 344 g/mol. The average molecular weight is 377 g/mol. The van der Waals surface area contributed by atoms with E-state index < -0.39 is 0 Å². The molecule has 3 N–H and O–H groups in total. The number of nitrogens with zero attached hydrogens (tertiary/aromatic N) is 2. The third-order valence-electron chi connectivity index (χ3n) is 5.24. The lowest BCUT2D eigenvalue weighted by atomic mass is 10.1. The van der Waals surface area contributed by atoms with E-state index in [2.05, 4.69) is 22.5 Å². The number of nitrogens with one attached hydrogen (secondary N) is 2. The number of rotatable bonds is 7. The molecule has 0 unspecified atom stereocenters. The fraction of sp³-hybridized carbons (Fsp3) is 0.650. The van der Waals surface area contributed by atoms with Crippen LogP contribution in [0, 0.1) is 0 Å². The first-order valence-electron chi connectivity index (χ1n) is 9.87. The number of benzene rings is 1. The van der Waals surface area contributed by atoms with Crippen LogP contribution in [0.4, 0.5) is 0 Å². The molecule has 1 saturated heterocycles. The van der Waals surface area contributed by atoms with Crippen molar-refractivity contribution in [2.24, 2.45) is 4.99 Å². The first kappa shape index (κ1) is 19.6. The lowest BCUT2D eigenvalue weighted by Crippen LogP contribution is -2.49. The Kier molecular flexibility index (Phi) is 6.66. The molecule has 0 spiro atoms. The van der Waals surface area contributed by atoms with Crippen LogP contribution >= 0.6 is 0 Å². The van der Waals surface area contributed by atoms with E-state index in [0.717, 1.165) is 37.0 Å². The van der Waals surface area contributed by atoms with E-state index >= 15 is 0 Å². The van der Waals surface area contributed by atoms with Crippen molar-refractivity contribution in [2.45, 2.75) is 51.2 Å². The summed E-state index contributed by atoms with van der Waals surface area (Å²) in [5.41, 5.74) is 0.919. The van der Waals surface area contributed by atoms with Crippen LogP contribution < -0.4 is 20.1 Å². The summed E-state index contributed by atoms with van der Waals surface area (Å²) in [7, 11) is 3.06. The fourth-order valence-corrected chi connectivity index (χ4v) is 3.57. The molecule has 1 aliphatic heterocycles. The van der Waals surface area contributed by atoms with E-state index in [9.17, 15) is 5.11 Å². The number of methoxy groups -OCH3 is 2. The van der Waals surface area contributed by atoms with Crippen molar-refractivity contribution in [3.63, 3.8) is 0 Å². The summed E-state index contributed by atoms with van der Waals surface area (Å²) < 4.78 is 10.4. The molecule has 2 aliphatic rings. The van der Waals surface area contributed by atoms with E-state index in [0.29, 0.717) is 24.1 Å². The molecule has 7 heteroatoms. The lowest BCUT2D eigenvalue weighted by molar-refractivity contribution is 0.197. The minimum atomic E-state index is 0.0141. The number of phenolic OH excluding ortho intramolecular Hbond substituents is 1. The minimum Gasteiger partial charge on any atom is -0.502 e. The zero-order chi connectivity index (χ0) is 19.2. The largest absolute Gasteiger partial charge is 0.502 e. The van der Waals surface area contributed by atoms with Crippen LogP contribution in [0.15, 0.2) is 17.1 Å². The Bertz CT molecular complexity index is 628. The highest BCUT2D eigenvalue weighted by Gasteiger charge is 2.31. The zero-order valence-corrected chi connectivity index (χ0v) is 16.6. The highest BCUT2D eigenvalue weighted by molar-refractivity contribution is 5.80. The number of guanidine groups is 1. The van der Waals surface area contributed by atoms with E-state index in [1.54, 1.807) is 12.1 Å². The van der Waals surface area contributed by atoms with Gasteiger partial charge in [-0.05, 0) is 50.3 Å². The molecule has 27 heavy (non-hydrogen) atoms. The average Bonchev–Trinajstić information content (AvgIpc) is 3.53. The molecule has 1 aromatic rings. The predicted molar refractivity (Wildman–Crippen MR) is 107 cm³/mol. The quantitative estimate of drug-likeness (QED) is 0.500. The van der Waals surface area contributed by atoms with Crippen LogP contribution in [0.3, 0.4) is 0 Å². The van der Waals surface area contributed by atoms with Gasteiger partial charge in [-0.25, -0.2) is 4.99 Å². The standard InChI is InChI=1S/C20H32N4O3/c1-4-21-20(23-15-7-9-24(10-8-15)16-5-6-16)22-13-14-11-17(26-2)19(25)18(12-14)27-3/h11-12,15-16,25H,4-10,13H2,1-3H3,(H2,21,22,23). The van der Waals surface area contributed by atoms with Gasteiger partial charge in [-0.3, -0.25) is 0 Å². The first-order chi connectivity index (χ1) is 13.1. The Morgan fingerprint density at radius 1 is 1.15 bits per heavy atom. The summed E-state index contributed by atoms with van der Waals surface area (Å²) in [5, 5.41) is 16.9. The molecule has 1 aromatic carbocycles. The molecule has 7 nitrogen and oxygen atoms in total. The SMILES string of the molecule is CCNC(=NCc1cc(OC)c(O)c(OC)c1)NC1CCN(C2CC2)CC1. The van der Waals surface area contributed by atoms with Gasteiger partial charge in [-0.1, -0.05) is 0 Å². The second-order valence-corrected chi connectivity index (χ2v) is 7.23. The third-order valence-corrected chi connectivity index (χ3v) is 5.24. The van der Waals surface area contributed by atoms with Crippen LogP contribution in [-0.4, -0.2) is 61.9 Å². The maximum Gasteiger partial charge on any atom is 0.200 e. The number of likely N-dealkylation sites (tertiary alicyclic amines) is 1. The van der Waals surface area contributed by atoms with Gasteiger partial charge in [0.2, 0.25) is 5.75 Å². The second kappa shape index (κ2) is 9.17. The number of aliphatic imine (C=N–C) groups is 1. The maximum absolute atomic E-state index is 10.0. The molecule has 1 heterocycles. The molecule has 1 aliphatic carbocycles. The Morgan fingerprint density at radius 3 is 2.30 bits per heavy atom. The Hall–Kier alpha value is -2.15. The summed E-state index contributed by atoms with van der Waals surface area (Å²) in [5.74, 6) is 1.63. The molecule has 0 atom stereocenters. The predicted octanol–water partition coefficient (Wildman–Crippen LogP) is 2.09. The molecule has 0 radical (unpaired) electrons. The highest BCUT2D eigenvalue weighted by Crippen LogP contribution is 2.37. The Balaban J connectivity index is 1.61. The molecule has 3 rings (SSSR count). The summed E-state index contributed by atoms with van der Waals surface area (Å²) in [6, 6.07) is 4.90. The number of hydrogen-bond donors (Lipinski definition) is 3. The van der Waals surface area contributed by atoms with Crippen LogP contribution in [0.25, 0.3) is 0 Å². The summed E-state index contributed by atoms with van der Waals surface area (Å²) >= 11 is 0. The van der Waals surface area contributed by atoms with Crippen molar-refractivity contribution in [1.82, 2.24) is 15.5 Å². The number of piperidine rings is 1. The van der Waals surface area contributed by atoms with Crippen molar-refractivity contribution in [3.05, 3.63) is 17.7 Å². The van der Waals surface area contributed by atoms with Gasteiger partial charge in [0.05, 0.1) is 20.8 Å². The van der Waals surface area contributed by atoms with Gasteiger partial charge in [-0.2, -0.15) is 0 Å². The van der Waals surface area contributed by atoms with Crippen LogP contribution in [-0.2, 0) is 6.54 Å². The molecular formula is C20H32N4O3. The zero-order valence-electron chi connectivity index (χ0n) is 16.6. The van der Waals surface area contributed by atoms with Gasteiger partial charge in [0.1, 0.15) is 0 Å². The molecule has 1 saturated carbocycles. The summed E-state index contributed by atoms with van der Waals surface area (Å²) in [6.45, 7) is 5.71. The first-order valence-corrected chi connectivity index (χ1v) is 9.87. The number of hydrogen-bond acceptors (Lipinski definition) is 5. The van der Waals surface area contributed by atoms with Gasteiger partial charge in [0, 0.05) is 31.7 Å². The van der Waals surface area contributed by atoms with Gasteiger partial charge < -0.3 is 30.1 Å². The number of phenols is 1. The van der Waals surface area contributed by atoms with E-state index in [1.807, 2.05) is 0 Å². The van der Waals surface area contributed by atoms with Crippen LogP contribution in [0.2, 0.25) is 0 Å². The number of aromatic hydroxyl groups is 1. The number of ether oxygens (including phenoxy) is 2. The van der Waals surface area contributed by atoms with Crippen LogP contribution in [0.5, 0.6) is 17.2 Å². The monoisotopic (exact) mass is 376 g/mol. The Morgan fingerprint density at radius 2 is 1.78 bits per heavy atom. The summed E-state index contributed by atoms with van der Waals surface area (Å²) in [4.78, 5) is 7.34. The minimum absolute atomic E-state index is 0.0141. The van der Waals surface area contributed by atoms with E-state index in [1.165, 1.54) is 40.2 Å². The summed E-state index contributed by atoms with van der Waals surface area (Å²) in [6.07, 6.45) is 5.06. The molecule has 0 bridgehead atoms. The van der Waals surface area contributed by atoms with Gasteiger partial charge in [0.15, 0.2) is 17.5 Å².